The van der Waals surface area contributed by atoms with Gasteiger partial charge in [-0.1, -0.05) is 24.6 Å². The number of aliphatic hydroxyl groups excluding tert-OH is 1. The van der Waals surface area contributed by atoms with E-state index in [2.05, 4.69) is 15.0 Å². The van der Waals surface area contributed by atoms with Crippen LogP contribution in [0.4, 0.5) is 0 Å². The summed E-state index contributed by atoms with van der Waals surface area (Å²) < 4.78 is 0. The Morgan fingerprint density at radius 3 is 1.79 bits per heavy atom. The van der Waals surface area contributed by atoms with Gasteiger partial charge in [-0.15, -0.1) is 0 Å². The number of carboxylic acid groups (broad SMARTS) is 4. The van der Waals surface area contributed by atoms with Gasteiger partial charge in [-0.3, -0.25) is 19.2 Å². The molecular formula is C26H42N8O9. The highest BCUT2D eigenvalue weighted by molar-refractivity contribution is 5.84. The van der Waals surface area contributed by atoms with Gasteiger partial charge in [-0.05, 0) is 31.0 Å². The van der Waals surface area contributed by atoms with Crippen molar-refractivity contribution >= 4 is 34.8 Å². The first-order valence-corrected chi connectivity index (χ1v) is 13.0. The van der Waals surface area contributed by atoms with Crippen molar-refractivity contribution in [2.75, 3.05) is 13.2 Å². The molecule has 17 N–H and O–H groups in total. The number of rotatable bonds is 13. The number of carbonyl (C=O) groups is 4. The standard InChI is InChI=1S/C11H12N2O2.C6H9N3O2.C6H14N2O2.C3H7NO3/c12-9(11(14)15)5-7-6-13-10-4-2-1-3-8(7)10;7-5(6(10)11)1-4-2-8-3-9-4;7-4-2-1-3-5(8)6(9)10;4-2(1-5)3(6)7/h1-4,6,9,13H,5,12H2,(H,14,15);2-3,5H,1,7H2,(H,8,9)(H,10,11);5H,1-4,7-8H2,(H,9,10);2,5H,1,4H2,(H,6,7)/t9-;2*5-;2-/m0001/s1. The number of nitrogens with one attached hydrogen (secondary N) is 2. The minimum atomic E-state index is -1.18. The van der Waals surface area contributed by atoms with E-state index in [-0.39, 0.29) is 6.42 Å². The second-order valence-electron chi connectivity index (χ2n) is 9.07. The van der Waals surface area contributed by atoms with Crippen LogP contribution in [0.25, 0.3) is 10.9 Å². The van der Waals surface area contributed by atoms with Crippen molar-refractivity contribution in [2.24, 2.45) is 28.7 Å². The largest absolute Gasteiger partial charge is 0.480 e. The zero-order chi connectivity index (χ0) is 32.9. The molecule has 17 heteroatoms. The lowest BCUT2D eigenvalue weighted by molar-refractivity contribution is -0.140. The molecule has 4 atom stereocenters. The van der Waals surface area contributed by atoms with Crippen LogP contribution in [0.15, 0.2) is 43.0 Å². The van der Waals surface area contributed by atoms with Gasteiger partial charge in [0.2, 0.25) is 0 Å². The quantitative estimate of drug-likeness (QED) is 0.0969. The lowest BCUT2D eigenvalue weighted by Gasteiger charge is -2.04. The van der Waals surface area contributed by atoms with Crippen molar-refractivity contribution in [2.45, 2.75) is 56.3 Å². The maximum atomic E-state index is 10.6. The van der Waals surface area contributed by atoms with Gasteiger partial charge in [0.1, 0.15) is 24.2 Å². The number of aromatic amines is 2. The van der Waals surface area contributed by atoms with Crippen LogP contribution in [0.2, 0.25) is 0 Å². The molecule has 2 heterocycles. The summed E-state index contributed by atoms with van der Waals surface area (Å²) in [5.74, 6) is -4.09. The Bertz CT molecular complexity index is 1240. The molecule has 3 aromatic rings. The zero-order valence-electron chi connectivity index (χ0n) is 23.5. The first-order valence-electron chi connectivity index (χ1n) is 13.0. The van der Waals surface area contributed by atoms with Gasteiger partial charge in [-0.2, -0.15) is 0 Å². The molecule has 17 nitrogen and oxygen atoms in total. The normalized spacial score (nSPS) is 13.0. The minimum absolute atomic E-state index is 0.263. The molecule has 0 saturated carbocycles. The zero-order valence-corrected chi connectivity index (χ0v) is 23.5. The average molecular weight is 611 g/mol. The van der Waals surface area contributed by atoms with Gasteiger partial charge in [0, 0.05) is 36.1 Å². The monoisotopic (exact) mass is 610 g/mol. The Kier molecular flexibility index (Phi) is 19.2. The fourth-order valence-electron chi connectivity index (χ4n) is 3.05. The van der Waals surface area contributed by atoms with E-state index in [0.717, 1.165) is 29.3 Å². The number of hydrogen-bond acceptors (Lipinski definition) is 11. The molecule has 0 aliphatic rings. The number of benzene rings is 1. The van der Waals surface area contributed by atoms with Crippen LogP contribution in [0.1, 0.15) is 30.5 Å². The second-order valence-corrected chi connectivity index (χ2v) is 9.07. The Morgan fingerprint density at radius 2 is 1.33 bits per heavy atom. The van der Waals surface area contributed by atoms with Crippen LogP contribution in [0, 0.1) is 0 Å². The summed E-state index contributed by atoms with van der Waals surface area (Å²) in [4.78, 5) is 50.3. The van der Waals surface area contributed by atoms with Crippen LogP contribution in [-0.2, 0) is 32.0 Å². The summed E-state index contributed by atoms with van der Waals surface area (Å²) in [5.41, 5.74) is 28.5. The smallest absolute Gasteiger partial charge is 0.322 e. The Labute approximate surface area is 247 Å². The van der Waals surface area contributed by atoms with Gasteiger partial charge >= 0.3 is 23.9 Å². The van der Waals surface area contributed by atoms with Crippen LogP contribution in [0.5, 0.6) is 0 Å². The third-order valence-corrected chi connectivity index (χ3v) is 5.53. The van der Waals surface area contributed by atoms with E-state index in [1.807, 2.05) is 30.5 Å². The van der Waals surface area contributed by atoms with Gasteiger partial charge < -0.3 is 64.2 Å². The number of carboxylic acids is 4. The van der Waals surface area contributed by atoms with Crippen LogP contribution < -0.4 is 28.7 Å². The molecule has 0 amide bonds. The highest BCUT2D eigenvalue weighted by Crippen LogP contribution is 2.18. The van der Waals surface area contributed by atoms with Crippen molar-refractivity contribution in [3.8, 4) is 0 Å². The van der Waals surface area contributed by atoms with E-state index in [1.165, 1.54) is 6.33 Å². The molecule has 240 valence electrons. The summed E-state index contributed by atoms with van der Waals surface area (Å²) in [6.45, 7) is 0.0989. The Balaban J connectivity index is 0.000000569. The number of aliphatic carboxylic acids is 4. The fourth-order valence-corrected chi connectivity index (χ4v) is 3.05. The summed E-state index contributed by atoms with van der Waals surface area (Å²) >= 11 is 0. The Morgan fingerprint density at radius 1 is 0.767 bits per heavy atom. The first kappa shape index (κ1) is 38.6. The molecule has 43 heavy (non-hydrogen) atoms. The van der Waals surface area contributed by atoms with Gasteiger partial charge in [0.15, 0.2) is 0 Å². The van der Waals surface area contributed by atoms with E-state index < -0.39 is 54.7 Å². The Hall–Kier alpha value is -4.39. The molecule has 0 saturated heterocycles. The molecule has 0 bridgehead atoms. The topological polar surface area (TPSA) is 344 Å². The summed E-state index contributed by atoms with van der Waals surface area (Å²) in [6.07, 6.45) is 7.70. The number of aromatic nitrogens is 3. The third-order valence-electron chi connectivity index (χ3n) is 5.53. The summed E-state index contributed by atoms with van der Waals surface area (Å²) in [5, 5.41) is 42.4. The molecule has 0 aliphatic carbocycles. The molecule has 3 rings (SSSR count). The summed E-state index contributed by atoms with van der Waals surface area (Å²) in [7, 11) is 0. The highest BCUT2D eigenvalue weighted by Gasteiger charge is 2.14. The maximum absolute atomic E-state index is 10.6. The van der Waals surface area contributed by atoms with Crippen LogP contribution in [0.3, 0.4) is 0 Å². The lowest BCUT2D eigenvalue weighted by atomic mass is 10.1. The minimum Gasteiger partial charge on any atom is -0.480 e. The second kappa shape index (κ2) is 21.3. The lowest BCUT2D eigenvalue weighted by Crippen LogP contribution is -2.33. The van der Waals surface area contributed by atoms with Crippen molar-refractivity contribution in [1.82, 2.24) is 15.0 Å². The number of nitrogens with two attached hydrogens (primary N) is 5. The number of H-pyrrole nitrogens is 2. The van der Waals surface area contributed by atoms with Gasteiger partial charge in [0.25, 0.3) is 0 Å². The predicted molar refractivity (Wildman–Crippen MR) is 157 cm³/mol. The number of nitrogens with zero attached hydrogens (tertiary/aromatic N) is 1. The average Bonchev–Trinajstić information content (AvgIpc) is 3.63. The van der Waals surface area contributed by atoms with Crippen molar-refractivity contribution in [3.63, 3.8) is 0 Å². The van der Waals surface area contributed by atoms with Gasteiger partial charge in [0.05, 0.1) is 18.6 Å². The molecular weight excluding hydrogens is 568 g/mol. The number of aliphatic hydroxyl groups is 1. The number of hydrogen-bond donors (Lipinski definition) is 12. The highest BCUT2D eigenvalue weighted by atomic mass is 16.4. The van der Waals surface area contributed by atoms with Crippen LogP contribution in [-0.4, -0.2) is 102 Å². The van der Waals surface area contributed by atoms with Crippen molar-refractivity contribution in [3.05, 3.63) is 54.2 Å². The SMILES string of the molecule is NCCCC[C@H](N)C(=O)O.N[C@@H](Cc1c[nH]c2ccccc12)C(=O)O.N[C@@H](Cc1c[nH]cn1)C(=O)O.N[C@H](CO)C(=O)O. The van der Waals surface area contributed by atoms with E-state index in [9.17, 15) is 19.2 Å². The molecule has 1 aromatic carbocycles. The number of unbranched alkanes of at least 4 members (excludes halogenated alkanes) is 1. The van der Waals surface area contributed by atoms with E-state index in [4.69, 9.17) is 54.2 Å². The number of fused-ring (bicyclic) bond motifs is 1. The predicted octanol–water partition coefficient (Wildman–Crippen LogP) is -1.60. The van der Waals surface area contributed by atoms with E-state index >= 15 is 0 Å². The third kappa shape index (κ3) is 16.6. The molecule has 0 aliphatic heterocycles. The number of imidazole rings is 1. The fraction of sp³-hybridized carbons (Fsp3) is 0.423. The molecule has 2 aromatic heterocycles. The maximum Gasteiger partial charge on any atom is 0.322 e. The van der Waals surface area contributed by atoms with Gasteiger partial charge in [-0.25, -0.2) is 4.98 Å². The molecule has 0 radical (unpaired) electrons. The number of para-hydroxylation sites is 1. The van der Waals surface area contributed by atoms with E-state index in [0.29, 0.717) is 25.1 Å². The molecule has 0 spiro atoms. The van der Waals surface area contributed by atoms with Crippen molar-refractivity contribution in [1.29, 1.82) is 0 Å². The van der Waals surface area contributed by atoms with Crippen LogP contribution >= 0.6 is 0 Å². The van der Waals surface area contributed by atoms with E-state index in [1.54, 1.807) is 6.20 Å². The molecule has 0 unspecified atom stereocenters. The summed E-state index contributed by atoms with van der Waals surface area (Å²) in [6, 6.07) is 4.21. The van der Waals surface area contributed by atoms with Crippen molar-refractivity contribution < 1.29 is 44.7 Å². The molecule has 0 fully saturated rings. The first-order chi connectivity index (χ1) is 20.2.